The minimum Gasteiger partial charge on any atom is -0.495 e. The molecule has 2 aromatic rings. The van der Waals surface area contributed by atoms with E-state index in [9.17, 15) is 4.79 Å². The summed E-state index contributed by atoms with van der Waals surface area (Å²) in [5.74, 6) is 0.884. The number of fused-ring (bicyclic) bond motifs is 1. The Labute approximate surface area is 125 Å². The summed E-state index contributed by atoms with van der Waals surface area (Å²) in [4.78, 5) is 16.0. The first-order valence-corrected chi connectivity index (χ1v) is 7.40. The van der Waals surface area contributed by atoms with E-state index in [0.717, 1.165) is 36.0 Å². The molecule has 114 valence electrons. The first kappa shape index (κ1) is 15.4. The number of aromatic nitrogens is 2. The number of carbonyl (C=O) groups excluding carboxylic acids is 1. The van der Waals surface area contributed by atoms with E-state index in [1.54, 1.807) is 13.3 Å². The quantitative estimate of drug-likeness (QED) is 0.851. The zero-order chi connectivity index (χ0) is 15.2. The van der Waals surface area contributed by atoms with E-state index in [0.29, 0.717) is 13.0 Å². The molecule has 2 rings (SSSR count). The van der Waals surface area contributed by atoms with Crippen molar-refractivity contribution < 1.29 is 9.53 Å². The van der Waals surface area contributed by atoms with Crippen molar-refractivity contribution in [3.8, 4) is 5.75 Å². The van der Waals surface area contributed by atoms with Gasteiger partial charge in [-0.2, -0.15) is 0 Å². The molecular formula is C16H23N3O2. The summed E-state index contributed by atoms with van der Waals surface area (Å²) in [5, 5.41) is 4.05. The molecule has 21 heavy (non-hydrogen) atoms. The van der Waals surface area contributed by atoms with Crippen LogP contribution in [0.4, 0.5) is 0 Å². The number of ether oxygens (including phenoxy) is 1. The molecule has 0 spiro atoms. The molecule has 5 nitrogen and oxygen atoms in total. The number of amides is 1. The second kappa shape index (κ2) is 7.11. The van der Waals surface area contributed by atoms with Crippen LogP contribution in [-0.4, -0.2) is 29.1 Å². The number of nitrogens with one attached hydrogen (secondary N) is 1. The molecule has 0 fully saturated rings. The van der Waals surface area contributed by atoms with E-state index in [1.165, 1.54) is 5.56 Å². The molecule has 1 N–H and O–H groups in total. The number of nitrogens with zero attached hydrogens (tertiary/aromatic N) is 2. The summed E-state index contributed by atoms with van der Waals surface area (Å²) >= 11 is 0. The van der Waals surface area contributed by atoms with Crippen LogP contribution in [0.15, 0.2) is 18.5 Å². The summed E-state index contributed by atoms with van der Waals surface area (Å²) in [6.07, 6.45) is 7.18. The van der Waals surface area contributed by atoms with Crippen LogP contribution in [0.1, 0.15) is 31.7 Å². The predicted molar refractivity (Wildman–Crippen MR) is 83.5 cm³/mol. The maximum Gasteiger partial charge on any atom is 0.220 e. The normalized spacial score (nSPS) is 10.8. The van der Waals surface area contributed by atoms with Gasteiger partial charge < -0.3 is 14.6 Å². The van der Waals surface area contributed by atoms with Gasteiger partial charge in [0.15, 0.2) is 0 Å². The van der Waals surface area contributed by atoms with Crippen LogP contribution in [0.2, 0.25) is 0 Å². The average molecular weight is 289 g/mol. The topological polar surface area (TPSA) is 56.2 Å². The molecule has 0 atom stereocenters. The Bertz CT molecular complexity index is 619. The zero-order valence-electron chi connectivity index (χ0n) is 13.0. The molecule has 1 amide bonds. The molecule has 0 saturated carbocycles. The molecule has 2 aromatic heterocycles. The Morgan fingerprint density at radius 1 is 1.48 bits per heavy atom. The van der Waals surface area contributed by atoms with Gasteiger partial charge in [-0.05, 0) is 24.5 Å². The highest BCUT2D eigenvalue weighted by Crippen LogP contribution is 2.23. The second-order valence-corrected chi connectivity index (χ2v) is 5.22. The lowest BCUT2D eigenvalue weighted by Crippen LogP contribution is -2.25. The number of methoxy groups -OCH3 is 1. The van der Waals surface area contributed by atoms with Gasteiger partial charge in [0.25, 0.3) is 0 Å². The van der Waals surface area contributed by atoms with Crippen molar-refractivity contribution in [3.63, 3.8) is 0 Å². The van der Waals surface area contributed by atoms with E-state index in [1.807, 2.05) is 17.7 Å². The fraction of sp³-hybridized carbons (Fsp3) is 0.500. The summed E-state index contributed by atoms with van der Waals surface area (Å²) in [6.45, 7) is 2.74. The van der Waals surface area contributed by atoms with Crippen LogP contribution in [0, 0.1) is 0 Å². The van der Waals surface area contributed by atoms with Crippen molar-refractivity contribution in [2.75, 3.05) is 13.7 Å². The van der Waals surface area contributed by atoms with Gasteiger partial charge in [0, 0.05) is 31.6 Å². The van der Waals surface area contributed by atoms with Gasteiger partial charge in [0.05, 0.1) is 13.3 Å². The molecule has 0 unspecified atom stereocenters. The molecule has 0 aliphatic rings. The van der Waals surface area contributed by atoms with Crippen molar-refractivity contribution in [2.45, 2.75) is 32.6 Å². The van der Waals surface area contributed by atoms with E-state index in [2.05, 4.69) is 23.4 Å². The summed E-state index contributed by atoms with van der Waals surface area (Å²) in [7, 11) is 3.62. The molecule has 0 aliphatic carbocycles. The Morgan fingerprint density at radius 2 is 2.29 bits per heavy atom. The first-order valence-electron chi connectivity index (χ1n) is 7.40. The average Bonchev–Trinajstić information content (AvgIpc) is 2.81. The van der Waals surface area contributed by atoms with Crippen LogP contribution in [0.5, 0.6) is 5.75 Å². The minimum absolute atomic E-state index is 0.132. The SMILES string of the molecule is CCCCC(=O)NCCc1cn(C)c2ncc(OC)cc12. The molecule has 0 aromatic carbocycles. The number of rotatable bonds is 7. The monoisotopic (exact) mass is 289 g/mol. The zero-order valence-corrected chi connectivity index (χ0v) is 13.0. The highest BCUT2D eigenvalue weighted by atomic mass is 16.5. The fourth-order valence-electron chi connectivity index (χ4n) is 2.39. The Morgan fingerprint density at radius 3 is 3.00 bits per heavy atom. The van der Waals surface area contributed by atoms with Gasteiger partial charge in [-0.25, -0.2) is 4.98 Å². The maximum absolute atomic E-state index is 11.6. The maximum atomic E-state index is 11.6. The highest BCUT2D eigenvalue weighted by molar-refractivity contribution is 5.82. The van der Waals surface area contributed by atoms with Gasteiger partial charge in [0.1, 0.15) is 11.4 Å². The van der Waals surface area contributed by atoms with Crippen LogP contribution in [0.3, 0.4) is 0 Å². The molecule has 2 heterocycles. The molecule has 0 bridgehead atoms. The highest BCUT2D eigenvalue weighted by Gasteiger charge is 2.09. The number of unbranched alkanes of at least 4 members (excludes halogenated alkanes) is 1. The Hall–Kier alpha value is -2.04. The van der Waals surface area contributed by atoms with Crippen molar-refractivity contribution in [2.24, 2.45) is 7.05 Å². The third-order valence-electron chi connectivity index (χ3n) is 3.58. The van der Waals surface area contributed by atoms with Crippen LogP contribution < -0.4 is 10.1 Å². The van der Waals surface area contributed by atoms with Gasteiger partial charge in [-0.1, -0.05) is 13.3 Å². The largest absolute Gasteiger partial charge is 0.495 e. The Balaban J connectivity index is 2.03. The van der Waals surface area contributed by atoms with Crippen LogP contribution in [0.25, 0.3) is 11.0 Å². The first-order chi connectivity index (χ1) is 10.2. The summed E-state index contributed by atoms with van der Waals surface area (Å²) in [5.41, 5.74) is 2.11. The number of aryl methyl sites for hydroxylation is 1. The van der Waals surface area contributed by atoms with Gasteiger partial charge in [0.2, 0.25) is 5.91 Å². The lowest BCUT2D eigenvalue weighted by molar-refractivity contribution is -0.121. The predicted octanol–water partition coefficient (Wildman–Crippen LogP) is 2.43. The fourth-order valence-corrected chi connectivity index (χ4v) is 2.39. The van der Waals surface area contributed by atoms with E-state index >= 15 is 0 Å². The van der Waals surface area contributed by atoms with Crippen molar-refractivity contribution in [1.29, 1.82) is 0 Å². The molecule has 5 heteroatoms. The van der Waals surface area contributed by atoms with Crippen LogP contribution in [-0.2, 0) is 18.3 Å². The van der Waals surface area contributed by atoms with Gasteiger partial charge >= 0.3 is 0 Å². The molecule has 0 saturated heterocycles. The minimum atomic E-state index is 0.132. The number of pyridine rings is 1. The second-order valence-electron chi connectivity index (χ2n) is 5.22. The van der Waals surface area contributed by atoms with Crippen molar-refractivity contribution in [3.05, 3.63) is 24.0 Å². The number of carbonyl (C=O) groups is 1. The van der Waals surface area contributed by atoms with E-state index in [4.69, 9.17) is 4.74 Å². The summed E-state index contributed by atoms with van der Waals surface area (Å²) < 4.78 is 7.24. The molecular weight excluding hydrogens is 266 g/mol. The Kier molecular flexibility index (Phi) is 5.20. The summed E-state index contributed by atoms with van der Waals surface area (Å²) in [6, 6.07) is 2.00. The third kappa shape index (κ3) is 3.74. The van der Waals surface area contributed by atoms with E-state index < -0.39 is 0 Å². The van der Waals surface area contributed by atoms with Gasteiger partial charge in [-0.15, -0.1) is 0 Å². The lowest BCUT2D eigenvalue weighted by atomic mass is 10.1. The number of hydrogen-bond acceptors (Lipinski definition) is 3. The van der Waals surface area contributed by atoms with Crippen molar-refractivity contribution in [1.82, 2.24) is 14.9 Å². The lowest BCUT2D eigenvalue weighted by Gasteiger charge is -2.04. The smallest absolute Gasteiger partial charge is 0.220 e. The number of hydrogen-bond donors (Lipinski definition) is 1. The molecule has 0 radical (unpaired) electrons. The standard InChI is InChI=1S/C16H23N3O2/c1-4-5-6-15(20)17-8-7-12-11-19(2)16-14(12)9-13(21-3)10-18-16/h9-11H,4-8H2,1-3H3,(H,17,20). The van der Waals surface area contributed by atoms with Crippen molar-refractivity contribution >= 4 is 16.9 Å². The van der Waals surface area contributed by atoms with E-state index in [-0.39, 0.29) is 5.91 Å². The molecule has 0 aliphatic heterocycles. The van der Waals surface area contributed by atoms with Gasteiger partial charge in [-0.3, -0.25) is 4.79 Å². The third-order valence-corrected chi connectivity index (χ3v) is 3.58. The van der Waals surface area contributed by atoms with Crippen LogP contribution >= 0.6 is 0 Å².